The van der Waals surface area contributed by atoms with Crippen LogP contribution in [-0.2, 0) is 0 Å². The summed E-state index contributed by atoms with van der Waals surface area (Å²) in [6.45, 7) is 1.51. The molecule has 0 saturated carbocycles. The number of benzene rings is 1. The van der Waals surface area contributed by atoms with Crippen LogP contribution in [0.5, 0.6) is 0 Å². The summed E-state index contributed by atoms with van der Waals surface area (Å²) >= 11 is 0. The fourth-order valence-electron chi connectivity index (χ4n) is 3.43. The SMILES string of the molecule is N#Cc1c(F)cccc1N1CCC[C@H](c2nnc3ccccn23)C1. The standard InChI is InChI=1S/C18H16FN5/c19-15-6-3-7-16(14(15)11-20)23-9-4-5-13(12-23)18-22-21-17-8-1-2-10-24(17)18/h1-3,6-8,10,13H,4-5,9,12H2/t13-/m0/s1. The van der Waals surface area contributed by atoms with Crippen molar-refractivity contribution in [1.29, 1.82) is 5.26 Å². The average Bonchev–Trinajstić information content (AvgIpc) is 3.06. The van der Waals surface area contributed by atoms with E-state index in [1.807, 2.05) is 40.9 Å². The smallest absolute Gasteiger partial charge is 0.160 e. The van der Waals surface area contributed by atoms with Crippen molar-refractivity contribution in [3.05, 3.63) is 59.8 Å². The number of pyridine rings is 1. The number of rotatable bonds is 2. The molecule has 2 aromatic heterocycles. The molecule has 1 atom stereocenters. The number of hydrogen-bond acceptors (Lipinski definition) is 4. The second-order valence-electron chi connectivity index (χ2n) is 6.02. The first-order chi connectivity index (χ1) is 11.8. The lowest BCUT2D eigenvalue weighted by Gasteiger charge is -2.34. The summed E-state index contributed by atoms with van der Waals surface area (Å²) in [5.74, 6) is 0.654. The predicted molar refractivity (Wildman–Crippen MR) is 88.3 cm³/mol. The van der Waals surface area contributed by atoms with Crippen molar-refractivity contribution in [2.24, 2.45) is 0 Å². The molecular weight excluding hydrogens is 305 g/mol. The molecule has 0 unspecified atom stereocenters. The van der Waals surface area contributed by atoms with Crippen molar-refractivity contribution in [3.8, 4) is 6.07 Å². The van der Waals surface area contributed by atoms with Gasteiger partial charge in [0.2, 0.25) is 0 Å². The van der Waals surface area contributed by atoms with Crippen LogP contribution in [-0.4, -0.2) is 27.7 Å². The van der Waals surface area contributed by atoms with Crippen LogP contribution in [0.3, 0.4) is 0 Å². The van der Waals surface area contributed by atoms with Gasteiger partial charge in [0.05, 0.1) is 5.69 Å². The zero-order valence-electron chi connectivity index (χ0n) is 13.1. The fraction of sp³-hybridized carbons (Fsp3) is 0.278. The van der Waals surface area contributed by atoms with Crippen LogP contribution in [0.25, 0.3) is 5.65 Å². The maximum atomic E-state index is 13.9. The molecule has 0 N–H and O–H groups in total. The van der Waals surface area contributed by atoms with Crippen LogP contribution in [0.2, 0.25) is 0 Å². The molecular formula is C18H16FN5. The van der Waals surface area contributed by atoms with Gasteiger partial charge in [0, 0.05) is 25.2 Å². The summed E-state index contributed by atoms with van der Waals surface area (Å²) in [5, 5.41) is 17.9. The number of nitrogens with zero attached hydrogens (tertiary/aromatic N) is 5. The third kappa shape index (κ3) is 2.38. The summed E-state index contributed by atoms with van der Waals surface area (Å²) in [6.07, 6.45) is 3.93. The molecule has 1 saturated heterocycles. The molecule has 3 heterocycles. The highest BCUT2D eigenvalue weighted by Crippen LogP contribution is 2.31. The van der Waals surface area contributed by atoms with Gasteiger partial charge in [-0.1, -0.05) is 12.1 Å². The molecule has 1 aromatic carbocycles. The van der Waals surface area contributed by atoms with Crippen LogP contribution in [0, 0.1) is 17.1 Å². The number of nitriles is 1. The monoisotopic (exact) mass is 321 g/mol. The fourth-order valence-corrected chi connectivity index (χ4v) is 3.43. The van der Waals surface area contributed by atoms with Gasteiger partial charge in [0.1, 0.15) is 23.3 Å². The molecule has 0 amide bonds. The van der Waals surface area contributed by atoms with Gasteiger partial charge in [0.25, 0.3) is 0 Å². The van der Waals surface area contributed by atoms with E-state index in [9.17, 15) is 9.65 Å². The van der Waals surface area contributed by atoms with Crippen molar-refractivity contribution in [2.45, 2.75) is 18.8 Å². The van der Waals surface area contributed by atoms with Gasteiger partial charge >= 0.3 is 0 Å². The van der Waals surface area contributed by atoms with Gasteiger partial charge in [-0.3, -0.25) is 4.40 Å². The number of fused-ring (bicyclic) bond motifs is 1. The summed E-state index contributed by atoms with van der Waals surface area (Å²) in [7, 11) is 0. The first-order valence-corrected chi connectivity index (χ1v) is 8.01. The molecule has 0 radical (unpaired) electrons. The lowest BCUT2D eigenvalue weighted by molar-refractivity contribution is 0.487. The van der Waals surface area contributed by atoms with Crippen LogP contribution in [0.1, 0.15) is 30.1 Å². The normalized spacial score (nSPS) is 17.8. The Balaban J connectivity index is 1.68. The third-order valence-corrected chi connectivity index (χ3v) is 4.57. The minimum atomic E-state index is -0.468. The molecule has 1 fully saturated rings. The highest BCUT2D eigenvalue weighted by molar-refractivity contribution is 5.60. The lowest BCUT2D eigenvalue weighted by Crippen LogP contribution is -2.35. The van der Waals surface area contributed by atoms with Crippen molar-refractivity contribution in [2.75, 3.05) is 18.0 Å². The Labute approximate surface area is 139 Å². The van der Waals surface area contributed by atoms with Crippen LogP contribution in [0.4, 0.5) is 10.1 Å². The second-order valence-corrected chi connectivity index (χ2v) is 6.02. The maximum absolute atomic E-state index is 13.9. The molecule has 120 valence electrons. The molecule has 0 bridgehead atoms. The number of piperidine rings is 1. The second kappa shape index (κ2) is 5.93. The number of halogens is 1. The maximum Gasteiger partial charge on any atom is 0.160 e. The molecule has 1 aliphatic heterocycles. The van der Waals surface area contributed by atoms with Gasteiger partial charge in [0.15, 0.2) is 5.65 Å². The lowest BCUT2D eigenvalue weighted by atomic mass is 9.96. The van der Waals surface area contributed by atoms with Crippen LogP contribution >= 0.6 is 0 Å². The molecule has 1 aliphatic rings. The Kier molecular flexibility index (Phi) is 3.62. The number of aromatic nitrogens is 3. The van der Waals surface area contributed by atoms with Crippen LogP contribution in [0.15, 0.2) is 42.6 Å². The van der Waals surface area contributed by atoms with E-state index in [1.54, 1.807) is 6.07 Å². The van der Waals surface area contributed by atoms with E-state index in [-0.39, 0.29) is 11.5 Å². The summed E-state index contributed by atoms with van der Waals surface area (Å²) in [5.41, 5.74) is 1.60. The molecule has 4 rings (SSSR count). The Morgan fingerprint density at radius 2 is 2.08 bits per heavy atom. The zero-order valence-corrected chi connectivity index (χ0v) is 13.1. The topological polar surface area (TPSA) is 57.2 Å². The minimum absolute atomic E-state index is 0.115. The first-order valence-electron chi connectivity index (χ1n) is 8.01. The minimum Gasteiger partial charge on any atom is -0.370 e. The zero-order chi connectivity index (χ0) is 16.5. The highest BCUT2D eigenvalue weighted by Gasteiger charge is 2.27. The summed E-state index contributed by atoms with van der Waals surface area (Å²) in [4.78, 5) is 2.08. The Morgan fingerprint density at radius 1 is 1.17 bits per heavy atom. The Morgan fingerprint density at radius 3 is 2.96 bits per heavy atom. The van der Waals surface area contributed by atoms with Gasteiger partial charge in [-0.05, 0) is 37.1 Å². The molecule has 5 nitrogen and oxygen atoms in total. The predicted octanol–water partition coefficient (Wildman–Crippen LogP) is 3.12. The van der Waals surface area contributed by atoms with Gasteiger partial charge in [-0.25, -0.2) is 4.39 Å². The highest BCUT2D eigenvalue weighted by atomic mass is 19.1. The van der Waals surface area contributed by atoms with E-state index in [4.69, 9.17) is 0 Å². The summed E-state index contributed by atoms with van der Waals surface area (Å²) in [6, 6.07) is 12.6. The molecule has 6 heteroatoms. The third-order valence-electron chi connectivity index (χ3n) is 4.57. The van der Waals surface area contributed by atoms with Gasteiger partial charge in [-0.15, -0.1) is 10.2 Å². The van der Waals surface area contributed by atoms with Crippen molar-refractivity contribution in [1.82, 2.24) is 14.6 Å². The van der Waals surface area contributed by atoms with Crippen LogP contribution < -0.4 is 4.90 Å². The Bertz CT molecular complexity index is 927. The van der Waals surface area contributed by atoms with E-state index in [1.165, 1.54) is 6.07 Å². The van der Waals surface area contributed by atoms with E-state index in [0.717, 1.165) is 30.9 Å². The Hall–Kier alpha value is -2.94. The molecule has 3 aromatic rings. The average molecular weight is 321 g/mol. The van der Waals surface area contributed by atoms with E-state index in [0.29, 0.717) is 12.2 Å². The molecule has 0 aliphatic carbocycles. The largest absolute Gasteiger partial charge is 0.370 e. The molecule has 24 heavy (non-hydrogen) atoms. The summed E-state index contributed by atoms with van der Waals surface area (Å²) < 4.78 is 15.9. The van der Waals surface area contributed by atoms with Crippen molar-refractivity contribution < 1.29 is 4.39 Å². The van der Waals surface area contributed by atoms with E-state index >= 15 is 0 Å². The van der Waals surface area contributed by atoms with Crippen molar-refractivity contribution >= 4 is 11.3 Å². The number of anilines is 1. The van der Waals surface area contributed by atoms with Crippen molar-refractivity contribution in [3.63, 3.8) is 0 Å². The van der Waals surface area contributed by atoms with Gasteiger partial charge < -0.3 is 4.90 Å². The van der Waals surface area contributed by atoms with E-state index in [2.05, 4.69) is 15.1 Å². The first kappa shape index (κ1) is 14.6. The van der Waals surface area contributed by atoms with Gasteiger partial charge in [-0.2, -0.15) is 5.26 Å². The number of hydrogen-bond donors (Lipinski definition) is 0. The quantitative estimate of drug-likeness (QED) is 0.727. The molecule has 0 spiro atoms. The van der Waals surface area contributed by atoms with E-state index < -0.39 is 5.82 Å².